The van der Waals surface area contributed by atoms with Crippen LogP contribution in [0.1, 0.15) is 31.1 Å². The molecule has 2 aliphatic carbocycles. The van der Waals surface area contributed by atoms with Crippen LogP contribution in [-0.2, 0) is 0 Å². The molecule has 3 N–H and O–H groups in total. The van der Waals surface area contributed by atoms with Gasteiger partial charge in [0.05, 0.1) is 16.8 Å². The van der Waals surface area contributed by atoms with E-state index in [0.717, 1.165) is 22.1 Å². The zero-order valence-electron chi connectivity index (χ0n) is 8.45. The second-order valence-electron chi connectivity index (χ2n) is 4.76. The van der Waals surface area contributed by atoms with E-state index >= 15 is 0 Å². The minimum atomic E-state index is 0.169. The SMILES string of the molecule is NNC(c1occc1Br)C1CC2CC2C1. The summed E-state index contributed by atoms with van der Waals surface area (Å²) < 4.78 is 6.51. The molecule has 0 amide bonds. The van der Waals surface area contributed by atoms with Crippen LogP contribution in [0, 0.1) is 17.8 Å². The van der Waals surface area contributed by atoms with Gasteiger partial charge >= 0.3 is 0 Å². The Hall–Kier alpha value is -0.320. The average molecular weight is 271 g/mol. The van der Waals surface area contributed by atoms with Crippen LogP contribution in [0.15, 0.2) is 21.2 Å². The highest BCUT2D eigenvalue weighted by atomic mass is 79.9. The van der Waals surface area contributed by atoms with E-state index in [9.17, 15) is 0 Å². The van der Waals surface area contributed by atoms with Gasteiger partial charge in [-0.15, -0.1) is 0 Å². The lowest BCUT2D eigenvalue weighted by Crippen LogP contribution is -2.33. The molecule has 82 valence electrons. The van der Waals surface area contributed by atoms with E-state index in [1.54, 1.807) is 6.26 Å². The summed E-state index contributed by atoms with van der Waals surface area (Å²) in [7, 11) is 0. The van der Waals surface area contributed by atoms with Crippen molar-refractivity contribution in [3.63, 3.8) is 0 Å². The number of nitrogens with two attached hydrogens (primary N) is 1. The summed E-state index contributed by atoms with van der Waals surface area (Å²) in [6.07, 6.45) is 5.74. The molecule has 2 aliphatic rings. The fourth-order valence-electron chi connectivity index (χ4n) is 2.99. The first-order valence-electron chi connectivity index (χ1n) is 5.48. The van der Waals surface area contributed by atoms with E-state index in [2.05, 4.69) is 21.4 Å². The lowest BCUT2D eigenvalue weighted by molar-refractivity contribution is 0.297. The second kappa shape index (κ2) is 3.61. The molecule has 0 saturated heterocycles. The molecule has 4 heteroatoms. The quantitative estimate of drug-likeness (QED) is 0.656. The molecule has 3 atom stereocenters. The van der Waals surface area contributed by atoms with Crippen LogP contribution in [0.2, 0.25) is 0 Å². The molecule has 0 aliphatic heterocycles. The Balaban J connectivity index is 1.79. The summed E-state index contributed by atoms with van der Waals surface area (Å²) in [6.45, 7) is 0. The van der Waals surface area contributed by atoms with Gasteiger partial charge in [-0.2, -0.15) is 0 Å². The van der Waals surface area contributed by atoms with E-state index < -0.39 is 0 Å². The highest BCUT2D eigenvalue weighted by Crippen LogP contribution is 2.57. The maximum Gasteiger partial charge on any atom is 0.136 e. The van der Waals surface area contributed by atoms with Gasteiger partial charge in [-0.05, 0) is 59.0 Å². The first-order chi connectivity index (χ1) is 7.29. The summed E-state index contributed by atoms with van der Waals surface area (Å²) in [4.78, 5) is 0. The molecule has 0 aromatic carbocycles. The van der Waals surface area contributed by atoms with Crippen molar-refractivity contribution >= 4 is 15.9 Å². The van der Waals surface area contributed by atoms with Gasteiger partial charge in [0.1, 0.15) is 5.76 Å². The molecular formula is C11H15BrN2O. The number of nitrogens with one attached hydrogen (secondary N) is 1. The number of fused-ring (bicyclic) bond motifs is 1. The molecule has 1 aromatic rings. The van der Waals surface area contributed by atoms with Crippen molar-refractivity contribution in [1.82, 2.24) is 5.43 Å². The number of halogens is 1. The second-order valence-corrected chi connectivity index (χ2v) is 5.62. The summed E-state index contributed by atoms with van der Waals surface area (Å²) in [5, 5.41) is 0. The Morgan fingerprint density at radius 2 is 2.13 bits per heavy atom. The molecule has 3 unspecified atom stereocenters. The third-order valence-electron chi connectivity index (χ3n) is 3.86. The van der Waals surface area contributed by atoms with Crippen LogP contribution in [0.3, 0.4) is 0 Å². The standard InChI is InChI=1S/C11H15BrN2O/c12-9-1-2-15-11(9)10(14-13)8-4-6-3-7(6)5-8/h1-2,6-8,10,14H,3-5,13H2. The largest absolute Gasteiger partial charge is 0.466 e. The van der Waals surface area contributed by atoms with Gasteiger partial charge in [-0.25, -0.2) is 5.43 Å². The Labute approximate surface area is 97.5 Å². The lowest BCUT2D eigenvalue weighted by Gasteiger charge is -2.22. The van der Waals surface area contributed by atoms with Gasteiger partial charge in [0, 0.05) is 0 Å². The van der Waals surface area contributed by atoms with Gasteiger partial charge in [-0.3, -0.25) is 5.84 Å². The first kappa shape index (κ1) is 9.87. The molecule has 3 rings (SSSR count). The van der Waals surface area contributed by atoms with Crippen LogP contribution in [0.5, 0.6) is 0 Å². The third-order valence-corrected chi connectivity index (χ3v) is 4.51. The summed E-state index contributed by atoms with van der Waals surface area (Å²) >= 11 is 3.49. The maximum absolute atomic E-state index is 5.64. The van der Waals surface area contributed by atoms with Crippen LogP contribution in [0.25, 0.3) is 0 Å². The Morgan fingerprint density at radius 3 is 2.67 bits per heavy atom. The van der Waals surface area contributed by atoms with Crippen molar-refractivity contribution < 1.29 is 4.42 Å². The van der Waals surface area contributed by atoms with E-state index in [-0.39, 0.29) is 6.04 Å². The van der Waals surface area contributed by atoms with Crippen LogP contribution < -0.4 is 11.3 Å². The summed E-state index contributed by atoms with van der Waals surface area (Å²) in [5.74, 6) is 9.17. The van der Waals surface area contributed by atoms with Gasteiger partial charge in [0.25, 0.3) is 0 Å². The van der Waals surface area contributed by atoms with Gasteiger partial charge in [0.2, 0.25) is 0 Å². The third kappa shape index (κ3) is 1.65. The van der Waals surface area contributed by atoms with Crippen molar-refractivity contribution in [1.29, 1.82) is 0 Å². The van der Waals surface area contributed by atoms with Gasteiger partial charge in [-0.1, -0.05) is 0 Å². The van der Waals surface area contributed by atoms with Gasteiger partial charge in [0.15, 0.2) is 0 Å². The van der Waals surface area contributed by atoms with Crippen LogP contribution >= 0.6 is 15.9 Å². The summed E-state index contributed by atoms with van der Waals surface area (Å²) in [5.41, 5.74) is 2.90. The first-order valence-corrected chi connectivity index (χ1v) is 6.28. The van der Waals surface area contributed by atoms with Crippen molar-refractivity contribution in [2.75, 3.05) is 0 Å². The molecule has 2 fully saturated rings. The normalized spacial score (nSPS) is 35.2. The van der Waals surface area contributed by atoms with Gasteiger partial charge < -0.3 is 4.42 Å². The number of hydrazine groups is 1. The van der Waals surface area contributed by atoms with E-state index in [1.807, 2.05) is 6.07 Å². The zero-order chi connectivity index (χ0) is 10.4. The highest BCUT2D eigenvalue weighted by molar-refractivity contribution is 9.10. The molecule has 15 heavy (non-hydrogen) atoms. The monoisotopic (exact) mass is 270 g/mol. The molecule has 2 saturated carbocycles. The fourth-order valence-corrected chi connectivity index (χ4v) is 3.43. The molecule has 0 bridgehead atoms. The smallest absolute Gasteiger partial charge is 0.136 e. The molecule has 1 heterocycles. The Kier molecular flexibility index (Phi) is 2.38. The molecule has 0 spiro atoms. The summed E-state index contributed by atoms with van der Waals surface area (Å²) in [6, 6.07) is 2.09. The van der Waals surface area contributed by atoms with Crippen LogP contribution in [-0.4, -0.2) is 0 Å². The van der Waals surface area contributed by atoms with E-state index in [1.165, 1.54) is 19.3 Å². The molecule has 3 nitrogen and oxygen atoms in total. The predicted octanol–water partition coefficient (Wildman–Crippen LogP) is 2.59. The van der Waals surface area contributed by atoms with Crippen LogP contribution in [0.4, 0.5) is 0 Å². The molecule has 0 radical (unpaired) electrons. The van der Waals surface area contributed by atoms with Crippen molar-refractivity contribution in [2.45, 2.75) is 25.3 Å². The zero-order valence-corrected chi connectivity index (χ0v) is 10.0. The minimum Gasteiger partial charge on any atom is -0.466 e. The van der Waals surface area contributed by atoms with E-state index in [4.69, 9.17) is 10.3 Å². The van der Waals surface area contributed by atoms with Crippen molar-refractivity contribution in [3.8, 4) is 0 Å². The highest BCUT2D eigenvalue weighted by Gasteiger charge is 2.48. The number of hydrogen-bond donors (Lipinski definition) is 2. The fraction of sp³-hybridized carbons (Fsp3) is 0.636. The number of rotatable bonds is 3. The molecular weight excluding hydrogens is 256 g/mol. The number of furan rings is 1. The molecule has 1 aromatic heterocycles. The average Bonchev–Trinajstić information content (AvgIpc) is 2.65. The Bertz CT molecular complexity index is 355. The topological polar surface area (TPSA) is 51.2 Å². The minimum absolute atomic E-state index is 0.169. The van der Waals surface area contributed by atoms with E-state index in [0.29, 0.717) is 5.92 Å². The lowest BCUT2D eigenvalue weighted by atomic mass is 9.93. The maximum atomic E-state index is 5.64. The van der Waals surface area contributed by atoms with Crippen molar-refractivity contribution in [2.24, 2.45) is 23.6 Å². The van der Waals surface area contributed by atoms with Crippen molar-refractivity contribution in [3.05, 3.63) is 22.6 Å². The Morgan fingerprint density at radius 1 is 1.40 bits per heavy atom. The number of hydrogen-bond acceptors (Lipinski definition) is 3. The predicted molar refractivity (Wildman–Crippen MR) is 60.8 cm³/mol.